The van der Waals surface area contributed by atoms with Gasteiger partial charge in [-0.2, -0.15) is 0 Å². The molecule has 0 spiro atoms. The van der Waals surface area contributed by atoms with Crippen LogP contribution in [-0.2, 0) is 11.3 Å². The first kappa shape index (κ1) is 22.9. The molecular weight excluding hydrogens is 460 g/mol. The number of benzene rings is 2. The van der Waals surface area contributed by atoms with Crippen molar-refractivity contribution in [3.8, 4) is 11.1 Å². The molecule has 2 aromatic carbocycles. The van der Waals surface area contributed by atoms with Gasteiger partial charge in [-0.15, -0.1) is 11.3 Å². The van der Waals surface area contributed by atoms with Gasteiger partial charge in [-0.05, 0) is 36.1 Å². The number of esters is 1. The zero-order chi connectivity index (χ0) is 23.5. The highest BCUT2D eigenvalue weighted by atomic mass is 35.5. The monoisotopic (exact) mass is 480 g/mol. The fraction of sp³-hybridized carbons (Fsp3) is 0.200. The summed E-state index contributed by atoms with van der Waals surface area (Å²) in [6.07, 6.45) is 0.219. The van der Waals surface area contributed by atoms with Gasteiger partial charge < -0.3 is 4.74 Å². The number of halogens is 1. The number of thiazole rings is 1. The SMILES string of the molecule is CCOC(=O)c1nc(Cn2c(C(=O)CC)c(-c3ccccc3)c3cc(Cl)ccc3c2=O)cs1. The molecule has 0 fully saturated rings. The van der Waals surface area contributed by atoms with Crippen LogP contribution in [0.5, 0.6) is 0 Å². The Bertz CT molecular complexity index is 1410. The van der Waals surface area contributed by atoms with Crippen molar-refractivity contribution in [2.75, 3.05) is 6.61 Å². The molecule has 0 aliphatic heterocycles. The number of ether oxygens (including phenoxy) is 1. The third-order valence-corrected chi connectivity index (χ3v) is 6.31. The number of aromatic nitrogens is 2. The first-order chi connectivity index (χ1) is 15.9. The fourth-order valence-electron chi connectivity index (χ4n) is 3.75. The van der Waals surface area contributed by atoms with Crippen LogP contribution in [0.4, 0.5) is 0 Å². The largest absolute Gasteiger partial charge is 0.461 e. The molecule has 168 valence electrons. The van der Waals surface area contributed by atoms with Crippen molar-refractivity contribution in [2.24, 2.45) is 0 Å². The molecule has 0 bridgehead atoms. The maximum absolute atomic E-state index is 13.6. The van der Waals surface area contributed by atoms with E-state index in [-0.39, 0.29) is 35.9 Å². The number of fused-ring (bicyclic) bond motifs is 1. The van der Waals surface area contributed by atoms with Gasteiger partial charge in [0.05, 0.1) is 24.5 Å². The number of Topliss-reactive ketones (excluding diaryl/α,β-unsaturated/α-hetero) is 1. The Morgan fingerprint density at radius 3 is 2.55 bits per heavy atom. The van der Waals surface area contributed by atoms with Crippen LogP contribution in [0, 0.1) is 0 Å². The van der Waals surface area contributed by atoms with E-state index in [2.05, 4.69) is 4.98 Å². The van der Waals surface area contributed by atoms with E-state index >= 15 is 0 Å². The van der Waals surface area contributed by atoms with Crippen LogP contribution in [-0.4, -0.2) is 27.9 Å². The van der Waals surface area contributed by atoms with E-state index in [1.165, 1.54) is 4.57 Å². The van der Waals surface area contributed by atoms with E-state index in [0.29, 0.717) is 32.7 Å². The number of pyridine rings is 1. The lowest BCUT2D eigenvalue weighted by atomic mass is 9.94. The maximum Gasteiger partial charge on any atom is 0.367 e. The number of nitrogens with zero attached hydrogens (tertiary/aromatic N) is 2. The van der Waals surface area contributed by atoms with Crippen LogP contribution in [0.1, 0.15) is 46.3 Å². The summed E-state index contributed by atoms with van der Waals surface area (Å²) in [6, 6.07) is 14.5. The normalized spacial score (nSPS) is 11.0. The Morgan fingerprint density at radius 2 is 1.85 bits per heavy atom. The standard InChI is InChI=1S/C25H21ClN2O4S/c1-3-20(29)22-21(15-8-6-5-7-9-15)19-12-16(26)10-11-18(19)24(30)28(22)13-17-14-33-23(27-17)25(31)32-4-2/h5-12,14H,3-4,13H2,1-2H3. The molecular formula is C25H21ClN2O4S. The lowest BCUT2D eigenvalue weighted by molar-refractivity contribution is 0.0525. The van der Waals surface area contributed by atoms with Gasteiger partial charge in [-0.25, -0.2) is 9.78 Å². The Kier molecular flexibility index (Phi) is 6.72. The van der Waals surface area contributed by atoms with Crippen LogP contribution < -0.4 is 5.56 Å². The highest BCUT2D eigenvalue weighted by molar-refractivity contribution is 7.11. The zero-order valence-electron chi connectivity index (χ0n) is 18.1. The summed E-state index contributed by atoms with van der Waals surface area (Å²) in [4.78, 5) is 43.2. The van der Waals surface area contributed by atoms with Crippen LogP contribution in [0.3, 0.4) is 0 Å². The molecule has 0 amide bonds. The number of hydrogen-bond donors (Lipinski definition) is 0. The minimum atomic E-state index is -0.510. The Labute approximate surface area is 199 Å². The number of carbonyl (C=O) groups excluding carboxylic acids is 2. The van der Waals surface area contributed by atoms with Crippen molar-refractivity contribution in [3.63, 3.8) is 0 Å². The van der Waals surface area contributed by atoms with Crippen molar-refractivity contribution < 1.29 is 14.3 Å². The van der Waals surface area contributed by atoms with Gasteiger partial charge in [0.25, 0.3) is 5.56 Å². The maximum atomic E-state index is 13.6. The first-order valence-electron chi connectivity index (χ1n) is 10.5. The summed E-state index contributed by atoms with van der Waals surface area (Å²) < 4.78 is 6.47. The third-order valence-electron chi connectivity index (χ3n) is 5.20. The van der Waals surface area contributed by atoms with Crippen molar-refractivity contribution >= 4 is 45.5 Å². The third kappa shape index (κ3) is 4.47. The molecule has 0 atom stereocenters. The van der Waals surface area contributed by atoms with Crippen molar-refractivity contribution in [1.29, 1.82) is 0 Å². The van der Waals surface area contributed by atoms with E-state index < -0.39 is 5.97 Å². The minimum Gasteiger partial charge on any atom is -0.461 e. The molecule has 2 heterocycles. The number of ketones is 1. The number of carbonyl (C=O) groups is 2. The molecule has 0 aliphatic rings. The molecule has 0 saturated heterocycles. The van der Waals surface area contributed by atoms with Crippen molar-refractivity contribution in [3.05, 3.63) is 85.7 Å². The van der Waals surface area contributed by atoms with E-state index in [9.17, 15) is 14.4 Å². The second kappa shape index (κ2) is 9.68. The smallest absolute Gasteiger partial charge is 0.367 e. The van der Waals surface area contributed by atoms with Crippen molar-refractivity contribution in [1.82, 2.24) is 9.55 Å². The predicted molar refractivity (Wildman–Crippen MR) is 130 cm³/mol. The summed E-state index contributed by atoms with van der Waals surface area (Å²) in [7, 11) is 0. The van der Waals surface area contributed by atoms with Crippen LogP contribution >= 0.6 is 22.9 Å². The van der Waals surface area contributed by atoms with Gasteiger partial charge in [0, 0.05) is 27.8 Å². The molecule has 8 heteroatoms. The molecule has 0 saturated carbocycles. The van der Waals surface area contributed by atoms with E-state index in [1.54, 1.807) is 37.4 Å². The summed E-state index contributed by atoms with van der Waals surface area (Å²) in [6.45, 7) is 3.78. The zero-order valence-corrected chi connectivity index (χ0v) is 19.7. The van der Waals surface area contributed by atoms with Crippen LogP contribution in [0.2, 0.25) is 5.02 Å². The van der Waals surface area contributed by atoms with E-state index in [1.807, 2.05) is 30.3 Å². The molecule has 6 nitrogen and oxygen atoms in total. The van der Waals surface area contributed by atoms with Crippen LogP contribution in [0.25, 0.3) is 21.9 Å². The Morgan fingerprint density at radius 1 is 1.09 bits per heavy atom. The highest BCUT2D eigenvalue weighted by Gasteiger charge is 2.23. The van der Waals surface area contributed by atoms with E-state index in [4.69, 9.17) is 16.3 Å². The molecule has 0 aliphatic carbocycles. The van der Waals surface area contributed by atoms with Gasteiger partial charge in [0.1, 0.15) is 0 Å². The predicted octanol–water partition coefficient (Wildman–Crippen LogP) is 5.60. The second-order valence-corrected chi connectivity index (χ2v) is 8.61. The molecule has 0 unspecified atom stereocenters. The molecule has 2 aromatic heterocycles. The van der Waals surface area contributed by atoms with E-state index in [0.717, 1.165) is 16.9 Å². The first-order valence-corrected chi connectivity index (χ1v) is 11.8. The molecule has 4 aromatic rings. The lowest BCUT2D eigenvalue weighted by Crippen LogP contribution is -2.28. The average molecular weight is 481 g/mol. The molecule has 4 rings (SSSR count). The average Bonchev–Trinajstić information content (AvgIpc) is 3.29. The topological polar surface area (TPSA) is 78.3 Å². The fourth-order valence-corrected chi connectivity index (χ4v) is 4.62. The van der Waals surface area contributed by atoms with Gasteiger partial charge in [-0.1, -0.05) is 48.9 Å². The summed E-state index contributed by atoms with van der Waals surface area (Å²) in [5, 5.41) is 3.46. The summed E-state index contributed by atoms with van der Waals surface area (Å²) in [5.41, 5.74) is 1.95. The van der Waals surface area contributed by atoms with Gasteiger partial charge in [-0.3, -0.25) is 14.2 Å². The lowest BCUT2D eigenvalue weighted by Gasteiger charge is -2.19. The van der Waals surface area contributed by atoms with Crippen molar-refractivity contribution in [2.45, 2.75) is 26.8 Å². The summed E-state index contributed by atoms with van der Waals surface area (Å²) >= 11 is 7.42. The summed E-state index contributed by atoms with van der Waals surface area (Å²) in [5.74, 6) is -0.683. The number of hydrogen-bond acceptors (Lipinski definition) is 6. The number of rotatable bonds is 7. The molecule has 0 radical (unpaired) electrons. The minimum absolute atomic E-state index is 0.0498. The Balaban J connectivity index is 1.99. The Hall–Kier alpha value is -3.29. The van der Waals surface area contributed by atoms with Gasteiger partial charge in [0.15, 0.2) is 5.78 Å². The van der Waals surface area contributed by atoms with Gasteiger partial charge >= 0.3 is 5.97 Å². The quantitative estimate of drug-likeness (QED) is 0.254. The molecule has 0 N–H and O–H groups in total. The second-order valence-electron chi connectivity index (χ2n) is 7.31. The van der Waals surface area contributed by atoms with Crippen LogP contribution in [0.15, 0.2) is 58.7 Å². The highest BCUT2D eigenvalue weighted by Crippen LogP contribution is 2.33. The van der Waals surface area contributed by atoms with Gasteiger partial charge in [0.2, 0.25) is 5.01 Å². The molecule has 33 heavy (non-hydrogen) atoms.